The van der Waals surface area contributed by atoms with Gasteiger partial charge in [0.1, 0.15) is 45.9 Å². The van der Waals surface area contributed by atoms with Gasteiger partial charge in [-0.25, -0.2) is 35.1 Å². The second-order valence-corrected chi connectivity index (χ2v) is 8.19. The number of hydrogen-bond donors (Lipinski definition) is 0. The minimum atomic E-state index is -1.76. The van der Waals surface area contributed by atoms with Gasteiger partial charge in [0.05, 0.1) is 14.2 Å². The summed E-state index contributed by atoms with van der Waals surface area (Å²) in [7, 11) is 2.93. The minimum Gasteiger partial charge on any atom is -0.497 e. The summed E-state index contributed by atoms with van der Waals surface area (Å²) in [5.41, 5.74) is -4.03. The topological polar surface area (TPSA) is 66.0 Å². The summed E-state index contributed by atoms with van der Waals surface area (Å²) in [5.74, 6) is -3.89. The summed E-state index contributed by atoms with van der Waals surface area (Å²) in [6.07, 6.45) is 0. The number of hydrogen-bond acceptors (Lipinski definition) is 4. The van der Waals surface area contributed by atoms with Gasteiger partial charge < -0.3 is 9.47 Å². The number of methoxy groups -OCH3 is 2. The molecule has 0 heterocycles. The van der Waals surface area contributed by atoms with Crippen molar-refractivity contribution in [3.8, 4) is 47.3 Å². The van der Waals surface area contributed by atoms with Crippen LogP contribution in [0.15, 0.2) is 48.5 Å². The minimum absolute atomic E-state index is 0.366. The lowest BCUT2D eigenvalue weighted by atomic mass is 10.1. The van der Waals surface area contributed by atoms with Gasteiger partial charge in [0.2, 0.25) is 0 Å². The Morgan fingerprint density at radius 3 is 0.886 bits per heavy atom. The highest BCUT2D eigenvalue weighted by molar-refractivity contribution is 5.50. The first-order chi connectivity index (χ1) is 21.0. The third kappa shape index (κ3) is 6.90. The third-order valence-corrected chi connectivity index (χ3v) is 5.59. The van der Waals surface area contributed by atoms with Gasteiger partial charge in [0, 0.05) is 11.1 Å². The number of nitrogens with zero attached hydrogens (tertiary/aromatic N) is 2. The molecule has 0 aromatic heterocycles. The summed E-state index contributed by atoms with van der Waals surface area (Å²) >= 11 is 0. The van der Waals surface area contributed by atoms with Gasteiger partial charge in [-0.15, -0.1) is 0 Å². The Kier molecular flexibility index (Phi) is 10.5. The molecule has 0 aliphatic rings. The van der Waals surface area contributed by atoms with E-state index in [4.69, 9.17) is 20.0 Å². The van der Waals surface area contributed by atoms with Crippen molar-refractivity contribution in [2.24, 2.45) is 0 Å². The normalized spacial score (nSPS) is 9.64. The molecule has 12 heteroatoms. The number of halogens is 8. The first-order valence-corrected chi connectivity index (χ1v) is 11.8. The fourth-order valence-electron chi connectivity index (χ4n) is 3.30. The Morgan fingerprint density at radius 1 is 0.409 bits per heavy atom. The molecule has 0 N–H and O–H groups in total. The first kappa shape index (κ1) is 32.5. The molecule has 0 unspecified atom stereocenters. The van der Waals surface area contributed by atoms with Crippen LogP contribution in [0.5, 0.6) is 11.5 Å². The van der Waals surface area contributed by atoms with Crippen LogP contribution in [-0.2, 0) is 0 Å². The van der Waals surface area contributed by atoms with Crippen LogP contribution in [0.25, 0.3) is 0 Å². The van der Waals surface area contributed by atoms with E-state index in [2.05, 4.69) is 11.8 Å². The molecule has 0 saturated carbocycles. The maximum atomic E-state index is 13.7. The summed E-state index contributed by atoms with van der Waals surface area (Å²) in [5, 5.41) is 17.0. The highest BCUT2D eigenvalue weighted by atomic mass is 19.2. The Balaban J connectivity index is 0.000000240. The van der Waals surface area contributed by atoms with Crippen LogP contribution >= 0.6 is 0 Å². The predicted octanol–water partition coefficient (Wildman–Crippen LogP) is 7.05. The van der Waals surface area contributed by atoms with Crippen molar-refractivity contribution in [2.45, 2.75) is 0 Å². The molecule has 44 heavy (non-hydrogen) atoms. The molecule has 0 atom stereocenters. The van der Waals surface area contributed by atoms with Crippen molar-refractivity contribution in [3.05, 3.63) is 128 Å². The van der Waals surface area contributed by atoms with Crippen LogP contribution in [0.2, 0.25) is 0 Å². The smallest absolute Gasteiger partial charge is 0.181 e. The highest BCUT2D eigenvalue weighted by Gasteiger charge is 2.25. The van der Waals surface area contributed by atoms with E-state index in [-0.39, 0.29) is 0 Å². The molecular weight excluding hydrogens is 596 g/mol. The molecule has 0 fully saturated rings. The Hall–Kier alpha value is -5.98. The van der Waals surface area contributed by atoms with Crippen molar-refractivity contribution in [2.75, 3.05) is 14.2 Å². The van der Waals surface area contributed by atoms with Gasteiger partial charge in [0.25, 0.3) is 0 Å². The van der Waals surface area contributed by atoms with Crippen LogP contribution in [0, 0.1) is 92.9 Å². The lowest BCUT2D eigenvalue weighted by Crippen LogP contribution is -2.04. The maximum Gasteiger partial charge on any atom is 0.181 e. The van der Waals surface area contributed by atoms with E-state index in [1.807, 2.05) is 11.8 Å². The molecule has 4 nitrogen and oxygen atoms in total. The van der Waals surface area contributed by atoms with Gasteiger partial charge in [-0.05, 0) is 48.5 Å². The molecule has 0 aliphatic carbocycles. The summed E-state index contributed by atoms with van der Waals surface area (Å²) in [6.45, 7) is 0. The van der Waals surface area contributed by atoms with Crippen LogP contribution in [0.3, 0.4) is 0 Å². The second kappa shape index (κ2) is 14.3. The van der Waals surface area contributed by atoms with Gasteiger partial charge >= 0.3 is 0 Å². The van der Waals surface area contributed by atoms with Crippen molar-refractivity contribution in [3.63, 3.8) is 0 Å². The van der Waals surface area contributed by atoms with Crippen LogP contribution in [0.4, 0.5) is 35.1 Å². The van der Waals surface area contributed by atoms with E-state index in [0.29, 0.717) is 22.6 Å². The van der Waals surface area contributed by atoms with Crippen LogP contribution in [0.1, 0.15) is 33.4 Å². The predicted molar refractivity (Wildman–Crippen MR) is 140 cm³/mol. The standard InChI is InChI=1S/2C16H7F4NO/c2*1-22-10-5-2-9(3-6-10)4-7-11-13(17)15(19)12(8-21)16(20)14(11)18/h2*2-3,5-6H,1H3. The Labute approximate surface area is 245 Å². The van der Waals surface area contributed by atoms with E-state index >= 15 is 0 Å². The number of ether oxygens (including phenoxy) is 2. The van der Waals surface area contributed by atoms with Gasteiger partial charge in [0.15, 0.2) is 46.5 Å². The Bertz CT molecular complexity index is 1740. The van der Waals surface area contributed by atoms with E-state index in [0.717, 1.165) is 12.1 Å². The van der Waals surface area contributed by atoms with Gasteiger partial charge in [-0.2, -0.15) is 10.5 Å². The SMILES string of the molecule is COc1ccc(C#Cc2c(F)c(F)c(C#N)c(F)c2F)cc1.COc1ccc(C#Cc2c(F)c(F)c(C#N)c(F)c2F)cc1. The largest absolute Gasteiger partial charge is 0.497 e. The molecule has 4 aromatic rings. The Morgan fingerprint density at radius 2 is 0.659 bits per heavy atom. The van der Waals surface area contributed by atoms with Crippen molar-refractivity contribution >= 4 is 0 Å². The summed E-state index contributed by atoms with van der Waals surface area (Å²) in [6, 6.07) is 14.4. The van der Waals surface area contributed by atoms with Crippen LogP contribution in [-0.4, -0.2) is 14.2 Å². The zero-order valence-electron chi connectivity index (χ0n) is 22.4. The molecule has 220 valence electrons. The molecule has 0 radical (unpaired) electrons. The molecular formula is C32H14F8N2O2. The van der Waals surface area contributed by atoms with Crippen molar-refractivity contribution in [1.82, 2.24) is 0 Å². The van der Waals surface area contributed by atoms with Crippen molar-refractivity contribution < 1.29 is 44.6 Å². The lowest BCUT2D eigenvalue weighted by Gasteiger charge is -2.03. The van der Waals surface area contributed by atoms with E-state index in [1.54, 1.807) is 24.3 Å². The molecule has 0 amide bonds. The maximum absolute atomic E-state index is 13.7. The number of rotatable bonds is 2. The second-order valence-electron chi connectivity index (χ2n) is 8.19. The number of nitriles is 2. The average molecular weight is 610 g/mol. The lowest BCUT2D eigenvalue weighted by molar-refractivity contribution is 0.414. The first-order valence-electron chi connectivity index (χ1n) is 11.8. The monoisotopic (exact) mass is 610 g/mol. The zero-order chi connectivity index (χ0) is 32.6. The van der Waals surface area contributed by atoms with Gasteiger partial charge in [-0.3, -0.25) is 0 Å². The van der Waals surface area contributed by atoms with Crippen LogP contribution < -0.4 is 9.47 Å². The molecule has 0 bridgehead atoms. The molecule has 4 rings (SSSR count). The quantitative estimate of drug-likeness (QED) is 0.139. The fraction of sp³-hybridized carbons (Fsp3) is 0.0625. The third-order valence-electron chi connectivity index (χ3n) is 5.59. The fourth-order valence-corrected chi connectivity index (χ4v) is 3.30. The highest BCUT2D eigenvalue weighted by Crippen LogP contribution is 2.24. The zero-order valence-corrected chi connectivity index (χ0v) is 22.4. The molecule has 4 aromatic carbocycles. The van der Waals surface area contributed by atoms with E-state index in [9.17, 15) is 35.1 Å². The van der Waals surface area contributed by atoms with Gasteiger partial charge in [-0.1, -0.05) is 23.7 Å². The van der Waals surface area contributed by atoms with E-state index < -0.39 is 68.8 Å². The summed E-state index contributed by atoms with van der Waals surface area (Å²) in [4.78, 5) is 0. The molecule has 0 spiro atoms. The summed E-state index contributed by atoms with van der Waals surface area (Å²) < 4.78 is 118. The van der Waals surface area contributed by atoms with Crippen molar-refractivity contribution in [1.29, 1.82) is 10.5 Å². The molecule has 0 saturated heterocycles. The average Bonchev–Trinajstić information content (AvgIpc) is 3.04. The molecule has 0 aliphatic heterocycles. The van der Waals surface area contributed by atoms with E-state index in [1.165, 1.54) is 38.5 Å². The number of benzene rings is 4.